The number of nitrogens with zero attached hydrogens (tertiary/aromatic N) is 2. The molecule has 1 aromatic heterocycles. The van der Waals surface area contributed by atoms with Gasteiger partial charge in [0.15, 0.2) is 19.8 Å². The maximum atomic E-state index is 13.5. The van der Waals surface area contributed by atoms with Crippen molar-refractivity contribution in [2.24, 2.45) is 0 Å². The summed E-state index contributed by atoms with van der Waals surface area (Å²) >= 11 is 0. The lowest BCUT2D eigenvalue weighted by molar-refractivity contribution is -0.164. The summed E-state index contributed by atoms with van der Waals surface area (Å²) in [6.07, 6.45) is -2.80. The lowest BCUT2D eigenvalue weighted by Crippen LogP contribution is -2.43. The van der Waals surface area contributed by atoms with Gasteiger partial charge in [0.25, 0.3) is 14.1 Å². The number of hydrogen-bond donors (Lipinski definition) is 1. The highest BCUT2D eigenvalue weighted by Crippen LogP contribution is 2.50. The van der Waals surface area contributed by atoms with E-state index in [9.17, 15) is 14.4 Å². The molecule has 62 heavy (non-hydrogen) atoms. The van der Waals surface area contributed by atoms with Crippen molar-refractivity contribution < 1.29 is 47.0 Å². The first-order valence-electron chi connectivity index (χ1n) is 20.2. The van der Waals surface area contributed by atoms with E-state index in [1.165, 1.54) is 16.8 Å². The Balaban J connectivity index is 1.41. The van der Waals surface area contributed by atoms with Gasteiger partial charge < -0.3 is 42.2 Å². The maximum Gasteiger partial charge on any atom is 0.340 e. The van der Waals surface area contributed by atoms with Crippen LogP contribution in [0.2, 0.25) is 0 Å². The number of benzene rings is 4. The summed E-state index contributed by atoms with van der Waals surface area (Å²) in [5.41, 5.74) is 0.191. The van der Waals surface area contributed by atoms with Crippen LogP contribution in [0.15, 0.2) is 131 Å². The highest BCUT2D eigenvalue weighted by Gasteiger charge is 2.51. The molecule has 16 heteroatoms. The highest BCUT2D eigenvalue weighted by atomic mass is 31.2. The molecule has 1 unspecified atom stereocenters. The van der Waals surface area contributed by atoms with Gasteiger partial charge >= 0.3 is 11.7 Å². The van der Waals surface area contributed by atoms with Crippen molar-refractivity contribution in [3.05, 3.63) is 165 Å². The molecule has 2 heterocycles. The Kier molecular flexibility index (Phi) is 16.2. The normalized spacial score (nSPS) is 18.3. The van der Waals surface area contributed by atoms with Crippen molar-refractivity contribution in [2.45, 2.75) is 69.9 Å². The van der Waals surface area contributed by atoms with Crippen molar-refractivity contribution in [3.8, 4) is 11.5 Å². The molecule has 0 saturated carbocycles. The average Bonchev–Trinajstić information content (AvgIpc) is 3.62. The fourth-order valence-electron chi connectivity index (χ4n) is 7.46. The number of carbonyl (C=O) groups excluding carboxylic acids is 1. The Morgan fingerprint density at radius 1 is 0.758 bits per heavy atom. The van der Waals surface area contributed by atoms with Crippen LogP contribution >= 0.6 is 8.53 Å². The van der Waals surface area contributed by atoms with Crippen LogP contribution in [-0.4, -0.2) is 92.1 Å². The summed E-state index contributed by atoms with van der Waals surface area (Å²) in [4.78, 5) is 40.7. The molecule has 0 spiro atoms. The van der Waals surface area contributed by atoms with Gasteiger partial charge in [0.1, 0.15) is 35.4 Å². The van der Waals surface area contributed by atoms with Crippen LogP contribution in [0, 0.1) is 0 Å². The summed E-state index contributed by atoms with van der Waals surface area (Å²) in [6.45, 7) is 7.24. The molecule has 5 atom stereocenters. The van der Waals surface area contributed by atoms with E-state index in [1.54, 1.807) is 51.7 Å². The molecule has 6 rings (SSSR count). The second-order valence-electron chi connectivity index (χ2n) is 14.8. The fraction of sp³-hybridized carbons (Fsp3) is 0.370. The molecular formula is C46H54N3O12P. The summed E-state index contributed by atoms with van der Waals surface area (Å²) in [7, 11) is 3.02. The van der Waals surface area contributed by atoms with E-state index in [0.29, 0.717) is 17.1 Å². The van der Waals surface area contributed by atoms with Gasteiger partial charge in [-0.25, -0.2) is 14.3 Å². The number of H-pyrrole nitrogens is 1. The molecular weight excluding hydrogens is 817 g/mol. The van der Waals surface area contributed by atoms with E-state index >= 15 is 0 Å². The third-order valence-corrected chi connectivity index (χ3v) is 12.3. The van der Waals surface area contributed by atoms with Crippen molar-refractivity contribution in [1.82, 2.24) is 14.2 Å². The Hall–Kier alpha value is -5.22. The predicted molar refractivity (Wildman–Crippen MR) is 232 cm³/mol. The smallest absolute Gasteiger partial charge is 0.340 e. The second-order valence-corrected chi connectivity index (χ2v) is 16.3. The molecule has 0 amide bonds. The molecule has 4 aromatic carbocycles. The zero-order valence-electron chi connectivity index (χ0n) is 35.9. The first-order chi connectivity index (χ1) is 30.0. The van der Waals surface area contributed by atoms with E-state index in [0.717, 1.165) is 16.7 Å². The van der Waals surface area contributed by atoms with Crippen LogP contribution < -0.4 is 20.7 Å². The van der Waals surface area contributed by atoms with Crippen molar-refractivity contribution in [2.75, 3.05) is 41.5 Å². The molecule has 1 saturated heterocycles. The third-order valence-electron chi connectivity index (χ3n) is 10.3. The summed E-state index contributed by atoms with van der Waals surface area (Å²) < 4.78 is 58.9. The molecule has 0 bridgehead atoms. The minimum atomic E-state index is -1.77. The van der Waals surface area contributed by atoms with E-state index in [2.05, 4.69) is 9.65 Å². The van der Waals surface area contributed by atoms with Crippen LogP contribution in [0.4, 0.5) is 0 Å². The van der Waals surface area contributed by atoms with Gasteiger partial charge in [0.2, 0.25) is 0 Å². The van der Waals surface area contributed by atoms with E-state index < -0.39 is 69.5 Å². The van der Waals surface area contributed by atoms with Crippen LogP contribution in [0.1, 0.15) is 61.0 Å². The minimum Gasteiger partial charge on any atom is -0.497 e. The molecule has 0 radical (unpaired) electrons. The number of aromatic amines is 1. The predicted octanol–water partition coefficient (Wildman–Crippen LogP) is 7.01. The van der Waals surface area contributed by atoms with E-state index in [1.807, 2.05) is 107 Å². The highest BCUT2D eigenvalue weighted by molar-refractivity contribution is 7.44. The first kappa shape index (κ1) is 46.3. The number of methoxy groups -OCH3 is 2. The van der Waals surface area contributed by atoms with Crippen LogP contribution in [0.5, 0.6) is 11.5 Å². The molecule has 1 aliphatic heterocycles. The number of ether oxygens (including phenoxy) is 7. The SMILES string of the molecule is COc1ccc(C(OC[C@H]2O[C@@H](n3ccc(=O)[nH]c3=O)[C@H](OCOCOC(=O)c3ccccc3)[C@@H]2OP(OC)N(C(C)C)C(C)C)(c2ccccc2)c2ccc(OC)cc2)cc1. The Morgan fingerprint density at radius 3 is 1.85 bits per heavy atom. The largest absolute Gasteiger partial charge is 0.497 e. The van der Waals surface area contributed by atoms with Gasteiger partial charge in [-0.15, -0.1) is 0 Å². The third kappa shape index (κ3) is 10.7. The summed E-state index contributed by atoms with van der Waals surface area (Å²) in [5.74, 6) is 0.754. The van der Waals surface area contributed by atoms with E-state index in [-0.39, 0.29) is 18.7 Å². The van der Waals surface area contributed by atoms with Gasteiger partial charge in [-0.2, -0.15) is 0 Å². The van der Waals surface area contributed by atoms with Gasteiger partial charge in [0, 0.05) is 31.5 Å². The fourth-order valence-corrected chi connectivity index (χ4v) is 9.06. The number of esters is 1. The lowest BCUT2D eigenvalue weighted by atomic mass is 9.80. The quantitative estimate of drug-likeness (QED) is 0.0264. The Bertz CT molecular complexity index is 2220. The van der Waals surface area contributed by atoms with Crippen LogP contribution in [-0.2, 0) is 38.3 Å². The zero-order chi connectivity index (χ0) is 44.2. The number of carbonyl (C=O) groups is 1. The van der Waals surface area contributed by atoms with Crippen LogP contribution in [0.25, 0.3) is 0 Å². The Labute approximate surface area is 362 Å². The standard InChI is InChI=1S/C46H54N3O12P/c1-31(2)49(32(3)4)62(55-7)61-41-39(60-43(48-27-26-40(50)47-45(48)52)42(41)57-29-56-30-58-44(51)33-14-10-8-11-15-33)28-59-46(34-16-12-9-13-17-34,35-18-22-37(53-5)23-19-35)36-20-24-38(54-6)25-21-36/h8-27,31-32,39,41-43H,28-30H2,1-7H3,(H,47,50,52)/t39-,41-,42-,43-,62?/m1/s1. The maximum absolute atomic E-state index is 13.5. The summed E-state index contributed by atoms with van der Waals surface area (Å²) in [5, 5.41) is 0. The molecule has 1 fully saturated rings. The molecule has 330 valence electrons. The summed E-state index contributed by atoms with van der Waals surface area (Å²) in [6, 6.07) is 34.8. The van der Waals surface area contributed by atoms with Gasteiger partial charge in [-0.05, 0) is 80.8 Å². The van der Waals surface area contributed by atoms with Gasteiger partial charge in [-0.1, -0.05) is 72.8 Å². The number of aromatic nitrogens is 2. The molecule has 0 aliphatic carbocycles. The lowest BCUT2D eigenvalue weighted by Gasteiger charge is -2.39. The zero-order valence-corrected chi connectivity index (χ0v) is 36.8. The van der Waals surface area contributed by atoms with Crippen molar-refractivity contribution in [3.63, 3.8) is 0 Å². The topological polar surface area (TPSA) is 158 Å². The van der Waals surface area contributed by atoms with Gasteiger partial charge in [0.05, 0.1) is 26.4 Å². The Morgan fingerprint density at radius 2 is 1.32 bits per heavy atom. The van der Waals surface area contributed by atoms with Gasteiger partial charge in [-0.3, -0.25) is 14.3 Å². The molecule has 1 N–H and O–H groups in total. The number of hydrogen-bond acceptors (Lipinski definition) is 13. The monoisotopic (exact) mass is 871 g/mol. The minimum absolute atomic E-state index is 0.00794. The van der Waals surface area contributed by atoms with Crippen molar-refractivity contribution in [1.29, 1.82) is 0 Å². The number of nitrogens with one attached hydrogen (secondary N) is 1. The molecule has 1 aliphatic rings. The second kappa shape index (κ2) is 21.7. The first-order valence-corrected chi connectivity index (χ1v) is 21.3. The average molecular weight is 872 g/mol. The van der Waals surface area contributed by atoms with Crippen LogP contribution in [0.3, 0.4) is 0 Å². The molecule has 5 aromatic rings. The number of rotatable bonds is 21. The van der Waals surface area contributed by atoms with E-state index in [4.69, 9.17) is 42.2 Å². The molecule has 15 nitrogen and oxygen atoms in total. The van der Waals surface area contributed by atoms with Crippen molar-refractivity contribution >= 4 is 14.5 Å².